The molecule has 47 heavy (non-hydrogen) atoms. The van der Waals surface area contributed by atoms with Gasteiger partial charge in [-0.2, -0.15) is 0 Å². The summed E-state index contributed by atoms with van der Waals surface area (Å²) >= 11 is 0. The molecule has 4 rings (SSSR count). The second-order valence-corrected chi connectivity index (χ2v) is 11.0. The van der Waals surface area contributed by atoms with Crippen molar-refractivity contribution in [3.63, 3.8) is 0 Å². The first-order valence-electron chi connectivity index (χ1n) is 15.4. The molecule has 11 nitrogen and oxygen atoms in total. The Bertz CT molecular complexity index is 1650. The van der Waals surface area contributed by atoms with Crippen LogP contribution in [0.15, 0.2) is 102 Å². The number of dihydropyridines is 1. The summed E-state index contributed by atoms with van der Waals surface area (Å²) in [5.41, 5.74) is 4.44. The Morgan fingerprint density at radius 2 is 1.72 bits per heavy atom. The van der Waals surface area contributed by atoms with Crippen LogP contribution in [0.3, 0.4) is 0 Å². The van der Waals surface area contributed by atoms with Gasteiger partial charge in [-0.3, -0.25) is 15.1 Å². The number of nitrogens with zero attached hydrogens (tertiary/aromatic N) is 2. The van der Waals surface area contributed by atoms with Crippen molar-refractivity contribution in [2.45, 2.75) is 39.0 Å². The molecule has 1 unspecified atom stereocenters. The second kappa shape index (κ2) is 17.5. The standard InChI is InChI=1S/C36H39N3O8/c1-25-32(35(40)41)34(30-13-7-15-31(23-30)39(43)44)33(26(2)38-25)36(42)47-19-6-5-17-45-20-21-46-18-9-14-28-11-3-4-12-29(28)22-27-10-8-16-37-24-27/h3-4,7-16,23-24,34,38H,5-6,17-22H2,1-2H3,(H,40,41)/b14-9+. The summed E-state index contributed by atoms with van der Waals surface area (Å²) in [4.78, 5) is 40.4. The molecule has 3 aromatic rings. The van der Waals surface area contributed by atoms with E-state index < -0.39 is 22.8 Å². The van der Waals surface area contributed by atoms with Gasteiger partial charge in [0.15, 0.2) is 0 Å². The molecule has 0 radical (unpaired) electrons. The summed E-state index contributed by atoms with van der Waals surface area (Å²) in [6.45, 7) is 5.13. The molecular formula is C36H39N3O8. The maximum absolute atomic E-state index is 13.2. The molecule has 0 fully saturated rings. The Hall–Kier alpha value is -5.13. The summed E-state index contributed by atoms with van der Waals surface area (Å²) in [6.07, 6.45) is 9.67. The summed E-state index contributed by atoms with van der Waals surface area (Å²) in [7, 11) is 0. The third-order valence-electron chi connectivity index (χ3n) is 7.60. The van der Waals surface area contributed by atoms with Crippen LogP contribution in [0.4, 0.5) is 5.69 Å². The number of rotatable bonds is 17. The number of non-ortho nitro benzene ring substituents is 1. The van der Waals surface area contributed by atoms with Crippen molar-refractivity contribution in [2.75, 3.05) is 33.0 Å². The van der Waals surface area contributed by atoms with Crippen LogP contribution in [-0.2, 0) is 30.2 Å². The van der Waals surface area contributed by atoms with Crippen LogP contribution in [0.5, 0.6) is 0 Å². The largest absolute Gasteiger partial charge is 0.478 e. The molecule has 0 amide bonds. The lowest BCUT2D eigenvalue weighted by Gasteiger charge is -2.29. The van der Waals surface area contributed by atoms with Gasteiger partial charge in [-0.05, 0) is 61.4 Å². The molecule has 1 atom stereocenters. The fourth-order valence-corrected chi connectivity index (χ4v) is 5.37. The molecule has 246 valence electrons. The minimum Gasteiger partial charge on any atom is -0.478 e. The number of carbonyl (C=O) groups is 2. The highest BCUT2D eigenvalue weighted by Gasteiger charge is 2.37. The zero-order valence-corrected chi connectivity index (χ0v) is 26.5. The monoisotopic (exact) mass is 641 g/mol. The van der Waals surface area contributed by atoms with Gasteiger partial charge in [0, 0.05) is 42.5 Å². The average molecular weight is 642 g/mol. The average Bonchev–Trinajstić information content (AvgIpc) is 3.05. The summed E-state index contributed by atoms with van der Waals surface area (Å²) in [6, 6.07) is 17.9. The SMILES string of the molecule is CC1=C(C(=O)O)C(c2cccc([N+](=O)[O-])c2)C(C(=O)OCCCCOCCOC/C=C/c2ccccc2Cc2cccnc2)=C(C)N1. The van der Waals surface area contributed by atoms with E-state index in [4.69, 9.17) is 14.2 Å². The highest BCUT2D eigenvalue weighted by Crippen LogP contribution is 2.39. The van der Waals surface area contributed by atoms with Crippen LogP contribution >= 0.6 is 0 Å². The predicted molar refractivity (Wildman–Crippen MR) is 176 cm³/mol. The number of pyridine rings is 1. The third-order valence-corrected chi connectivity index (χ3v) is 7.60. The maximum atomic E-state index is 13.2. The number of nitrogens with one attached hydrogen (secondary N) is 1. The van der Waals surface area contributed by atoms with Crippen molar-refractivity contribution in [1.82, 2.24) is 10.3 Å². The smallest absolute Gasteiger partial charge is 0.336 e. The molecule has 0 bridgehead atoms. The predicted octanol–water partition coefficient (Wildman–Crippen LogP) is 5.97. The topological polar surface area (TPSA) is 150 Å². The summed E-state index contributed by atoms with van der Waals surface area (Å²) < 4.78 is 16.8. The molecule has 2 heterocycles. The molecule has 0 saturated carbocycles. The minimum atomic E-state index is -1.23. The van der Waals surface area contributed by atoms with E-state index in [-0.39, 0.29) is 23.4 Å². The van der Waals surface area contributed by atoms with Crippen molar-refractivity contribution >= 4 is 23.7 Å². The quantitative estimate of drug-likeness (QED) is 0.0781. The lowest BCUT2D eigenvalue weighted by Crippen LogP contribution is -2.32. The van der Waals surface area contributed by atoms with E-state index in [0.717, 1.165) is 17.5 Å². The van der Waals surface area contributed by atoms with Gasteiger partial charge in [0.1, 0.15) is 0 Å². The molecule has 1 aliphatic rings. The molecular weight excluding hydrogens is 602 g/mol. The van der Waals surface area contributed by atoms with E-state index in [2.05, 4.69) is 34.6 Å². The molecule has 0 spiro atoms. The number of nitro benzene ring substituents is 1. The number of ether oxygens (including phenoxy) is 3. The van der Waals surface area contributed by atoms with Crippen LogP contribution in [0, 0.1) is 10.1 Å². The Labute approximate surface area is 273 Å². The molecule has 0 aliphatic carbocycles. The van der Waals surface area contributed by atoms with Crippen LogP contribution in [-0.4, -0.2) is 60.0 Å². The Morgan fingerprint density at radius 1 is 0.957 bits per heavy atom. The van der Waals surface area contributed by atoms with Crippen LogP contribution in [0.1, 0.15) is 54.9 Å². The van der Waals surface area contributed by atoms with E-state index in [1.54, 1.807) is 26.1 Å². The number of aromatic nitrogens is 1. The van der Waals surface area contributed by atoms with Gasteiger partial charge in [-0.1, -0.05) is 54.6 Å². The number of benzene rings is 2. The fourth-order valence-electron chi connectivity index (χ4n) is 5.37. The Kier molecular flexibility index (Phi) is 13.0. The van der Waals surface area contributed by atoms with Crippen LogP contribution < -0.4 is 5.32 Å². The Balaban J connectivity index is 1.17. The van der Waals surface area contributed by atoms with E-state index in [9.17, 15) is 24.8 Å². The molecule has 1 aromatic heterocycles. The van der Waals surface area contributed by atoms with Gasteiger partial charge in [0.05, 0.1) is 48.4 Å². The number of hydrogen-bond donors (Lipinski definition) is 2. The van der Waals surface area contributed by atoms with Gasteiger partial charge in [0.25, 0.3) is 5.69 Å². The van der Waals surface area contributed by atoms with E-state index in [1.165, 1.54) is 23.8 Å². The van der Waals surface area contributed by atoms with Crippen LogP contribution in [0.25, 0.3) is 6.08 Å². The summed E-state index contributed by atoms with van der Waals surface area (Å²) in [5, 5.41) is 24.3. The lowest BCUT2D eigenvalue weighted by molar-refractivity contribution is -0.384. The fraction of sp³-hybridized carbons (Fsp3) is 0.306. The number of carboxylic acids is 1. The van der Waals surface area contributed by atoms with Gasteiger partial charge in [-0.25, -0.2) is 9.59 Å². The first-order chi connectivity index (χ1) is 22.8. The minimum absolute atomic E-state index is 0.0696. The van der Waals surface area contributed by atoms with Crippen LogP contribution in [0.2, 0.25) is 0 Å². The normalized spacial score (nSPS) is 14.7. The first-order valence-corrected chi connectivity index (χ1v) is 15.4. The van der Waals surface area contributed by atoms with Crippen molar-refractivity contribution in [2.24, 2.45) is 0 Å². The maximum Gasteiger partial charge on any atom is 0.336 e. The molecule has 0 saturated heterocycles. The van der Waals surface area contributed by atoms with E-state index in [1.807, 2.05) is 30.5 Å². The lowest BCUT2D eigenvalue weighted by atomic mass is 9.80. The van der Waals surface area contributed by atoms with Crippen molar-refractivity contribution in [3.8, 4) is 0 Å². The number of aliphatic carboxylic acids is 1. The van der Waals surface area contributed by atoms with Gasteiger partial charge in [-0.15, -0.1) is 0 Å². The third kappa shape index (κ3) is 9.93. The van der Waals surface area contributed by atoms with Crippen molar-refractivity contribution in [1.29, 1.82) is 0 Å². The highest BCUT2D eigenvalue weighted by molar-refractivity contribution is 5.99. The second-order valence-electron chi connectivity index (χ2n) is 11.0. The Morgan fingerprint density at radius 3 is 2.49 bits per heavy atom. The first kappa shape index (κ1) is 34.7. The molecule has 2 aromatic carbocycles. The van der Waals surface area contributed by atoms with Crippen molar-refractivity contribution in [3.05, 3.63) is 134 Å². The van der Waals surface area contributed by atoms with Gasteiger partial charge in [0.2, 0.25) is 0 Å². The van der Waals surface area contributed by atoms with E-state index in [0.29, 0.717) is 56.2 Å². The number of carbonyl (C=O) groups excluding carboxylic acids is 1. The highest BCUT2D eigenvalue weighted by atomic mass is 16.6. The molecule has 11 heteroatoms. The van der Waals surface area contributed by atoms with Gasteiger partial charge >= 0.3 is 11.9 Å². The zero-order chi connectivity index (χ0) is 33.6. The zero-order valence-electron chi connectivity index (χ0n) is 26.5. The number of unbranched alkanes of at least 4 members (excludes halogenated alkanes) is 1. The van der Waals surface area contributed by atoms with Crippen molar-refractivity contribution < 1.29 is 33.8 Å². The number of nitro groups is 1. The number of allylic oxidation sites excluding steroid dienone is 2. The van der Waals surface area contributed by atoms with Gasteiger partial charge < -0.3 is 24.6 Å². The summed E-state index contributed by atoms with van der Waals surface area (Å²) in [5.74, 6) is -2.94. The number of hydrogen-bond acceptors (Lipinski definition) is 9. The number of carboxylic acid groups (broad SMARTS) is 1. The number of esters is 1. The molecule has 1 aliphatic heterocycles. The van der Waals surface area contributed by atoms with E-state index >= 15 is 0 Å². The molecule has 2 N–H and O–H groups in total.